The Balaban J connectivity index is 0. The molecule has 0 unspecified atom stereocenters. The van der Waals surface area contributed by atoms with Gasteiger partial charge in [0.2, 0.25) is 0 Å². The van der Waals surface area contributed by atoms with Crippen molar-refractivity contribution in [3.05, 3.63) is 11.6 Å². The van der Waals surface area contributed by atoms with Gasteiger partial charge < -0.3 is 10.2 Å². The Morgan fingerprint density at radius 3 is 2.08 bits per heavy atom. The number of carboxylic acid groups (broad SMARTS) is 2. The first kappa shape index (κ1) is 25.2. The van der Waals surface area contributed by atoms with Crippen molar-refractivity contribution in [2.24, 2.45) is 0 Å². The maximum absolute atomic E-state index is 8.56. The van der Waals surface area contributed by atoms with E-state index in [-0.39, 0.29) is 5.60 Å². The van der Waals surface area contributed by atoms with Crippen molar-refractivity contribution in [3.8, 4) is 0 Å². The summed E-state index contributed by atoms with van der Waals surface area (Å²) in [5.74, 6) is 0. The van der Waals surface area contributed by atoms with Gasteiger partial charge >= 0.3 is 6.16 Å². The van der Waals surface area contributed by atoms with E-state index >= 15 is 0 Å². The Kier molecular flexibility index (Phi) is 17.6. The van der Waals surface area contributed by atoms with Crippen LogP contribution in [-0.2, 0) is 9.78 Å². The van der Waals surface area contributed by atoms with Crippen molar-refractivity contribution >= 4 is 6.16 Å². The summed E-state index contributed by atoms with van der Waals surface area (Å²) < 4.78 is 0. The molecule has 5 nitrogen and oxygen atoms in total. The summed E-state index contributed by atoms with van der Waals surface area (Å²) in [6.45, 7) is 11.6. The fourth-order valence-electron chi connectivity index (χ4n) is 2.24. The van der Waals surface area contributed by atoms with E-state index in [1.807, 2.05) is 0 Å². The van der Waals surface area contributed by atoms with Gasteiger partial charge in [-0.25, -0.2) is 14.6 Å². The number of carbonyl (C=O) groups is 1. The molecule has 0 saturated carbocycles. The van der Waals surface area contributed by atoms with Crippen molar-refractivity contribution in [2.45, 2.75) is 98.0 Å². The summed E-state index contributed by atoms with van der Waals surface area (Å²) in [6.07, 6.45) is 11.1. The normalized spacial score (nSPS) is 11.8. The van der Waals surface area contributed by atoms with E-state index in [1.165, 1.54) is 44.1 Å². The number of hydrogen-bond donors (Lipinski definition) is 2. The zero-order chi connectivity index (χ0) is 18.8. The maximum Gasteiger partial charge on any atom is 0.503 e. The summed E-state index contributed by atoms with van der Waals surface area (Å²) >= 11 is 0. The van der Waals surface area contributed by atoms with Crippen LogP contribution in [0.5, 0.6) is 0 Å². The molecule has 144 valence electrons. The van der Waals surface area contributed by atoms with Crippen molar-refractivity contribution in [3.63, 3.8) is 0 Å². The number of allylic oxidation sites excluding steroid dienone is 1. The van der Waals surface area contributed by atoms with Crippen LogP contribution >= 0.6 is 0 Å². The lowest BCUT2D eigenvalue weighted by atomic mass is 10.0. The van der Waals surface area contributed by atoms with Gasteiger partial charge in [-0.1, -0.05) is 58.1 Å². The van der Waals surface area contributed by atoms with Crippen LogP contribution in [0.2, 0.25) is 0 Å². The second kappa shape index (κ2) is 16.8. The van der Waals surface area contributed by atoms with Crippen molar-refractivity contribution in [1.29, 1.82) is 0 Å². The highest BCUT2D eigenvalue weighted by atomic mass is 17.2. The molecule has 0 rings (SSSR count). The third-order valence-corrected chi connectivity index (χ3v) is 3.52. The molecular formula is C19H38O5. The molecule has 0 spiro atoms. The summed E-state index contributed by atoms with van der Waals surface area (Å²) in [7, 11) is 0. The van der Waals surface area contributed by atoms with Crippen LogP contribution in [-0.4, -0.2) is 28.6 Å². The molecular weight excluding hydrogens is 308 g/mol. The maximum atomic E-state index is 8.56. The van der Waals surface area contributed by atoms with E-state index in [2.05, 4.69) is 40.7 Å². The van der Waals surface area contributed by atoms with Gasteiger partial charge in [0, 0.05) is 0 Å². The van der Waals surface area contributed by atoms with Crippen LogP contribution in [0.3, 0.4) is 0 Å². The van der Waals surface area contributed by atoms with Gasteiger partial charge in [-0.3, -0.25) is 0 Å². The molecule has 0 aliphatic carbocycles. The zero-order valence-corrected chi connectivity index (χ0v) is 16.3. The first-order valence-corrected chi connectivity index (χ1v) is 9.19. The van der Waals surface area contributed by atoms with Crippen LogP contribution in [0.15, 0.2) is 11.6 Å². The molecule has 24 heavy (non-hydrogen) atoms. The van der Waals surface area contributed by atoms with E-state index in [4.69, 9.17) is 24.8 Å². The Bertz CT molecular complexity index is 320. The second-order valence-electron chi connectivity index (χ2n) is 6.53. The Morgan fingerprint density at radius 2 is 1.58 bits per heavy atom. The van der Waals surface area contributed by atoms with Gasteiger partial charge in [-0.2, -0.15) is 0 Å². The summed E-state index contributed by atoms with van der Waals surface area (Å²) in [5, 5.41) is 13.9. The van der Waals surface area contributed by atoms with Gasteiger partial charge in [0.25, 0.3) is 0 Å². The van der Waals surface area contributed by atoms with E-state index < -0.39 is 6.16 Å². The van der Waals surface area contributed by atoms with Gasteiger partial charge in [-0.05, 0) is 46.0 Å². The molecule has 0 aliphatic rings. The third-order valence-electron chi connectivity index (χ3n) is 3.52. The lowest BCUT2D eigenvalue weighted by Crippen LogP contribution is -2.24. The zero-order valence-electron chi connectivity index (χ0n) is 16.3. The predicted octanol–water partition coefficient (Wildman–Crippen LogP) is 6.43. The highest BCUT2D eigenvalue weighted by molar-refractivity contribution is 5.53. The van der Waals surface area contributed by atoms with E-state index in [9.17, 15) is 0 Å². The Labute approximate surface area is 148 Å². The molecule has 0 bridgehead atoms. The molecule has 0 atom stereocenters. The van der Waals surface area contributed by atoms with Gasteiger partial charge in [-0.15, -0.1) is 0 Å². The average Bonchev–Trinajstić information content (AvgIpc) is 2.48. The molecule has 2 N–H and O–H groups in total. The quantitative estimate of drug-likeness (QED) is 0.174. The number of rotatable bonds is 13. The predicted molar refractivity (Wildman–Crippen MR) is 98.4 cm³/mol. The van der Waals surface area contributed by atoms with Crippen molar-refractivity contribution < 1.29 is 24.8 Å². The summed E-state index contributed by atoms with van der Waals surface area (Å²) in [4.78, 5) is 19.6. The smallest absolute Gasteiger partial charge is 0.450 e. The molecule has 0 aromatic rings. The van der Waals surface area contributed by atoms with Crippen molar-refractivity contribution in [2.75, 3.05) is 6.61 Å². The molecule has 0 amide bonds. The Hall–Kier alpha value is -1.07. The van der Waals surface area contributed by atoms with Crippen LogP contribution in [0.25, 0.3) is 0 Å². The largest absolute Gasteiger partial charge is 0.503 e. The van der Waals surface area contributed by atoms with Crippen LogP contribution in [0.4, 0.5) is 4.79 Å². The number of hydrogen-bond acceptors (Lipinski definition) is 3. The fourth-order valence-corrected chi connectivity index (χ4v) is 2.24. The minimum absolute atomic E-state index is 0.160. The number of unbranched alkanes of at least 4 members (excludes halogenated alkanes) is 3. The minimum Gasteiger partial charge on any atom is -0.450 e. The molecule has 0 heterocycles. The fraction of sp³-hybridized carbons (Fsp3) is 0.842. The van der Waals surface area contributed by atoms with E-state index in [0.29, 0.717) is 6.61 Å². The molecule has 0 radical (unpaired) electrons. The SMILES string of the molecule is CCC=C(CCCC)CCOOC(C)(C)CCCCC.O=C(O)O. The monoisotopic (exact) mass is 346 g/mol. The molecule has 5 heteroatoms. The summed E-state index contributed by atoms with van der Waals surface area (Å²) in [6, 6.07) is 0. The van der Waals surface area contributed by atoms with E-state index in [0.717, 1.165) is 19.3 Å². The standard InChI is InChI=1S/C18H36O2.CH2O3/c1-6-9-11-15-18(4,5)20-19-16-14-17(12-8-3)13-10-7-2;2-1(3)4/h12H,6-11,13-16H2,1-5H3;(H2,2,3,4). The highest BCUT2D eigenvalue weighted by Gasteiger charge is 2.19. The van der Waals surface area contributed by atoms with E-state index in [1.54, 1.807) is 0 Å². The van der Waals surface area contributed by atoms with Crippen LogP contribution < -0.4 is 0 Å². The topological polar surface area (TPSA) is 76.0 Å². The average molecular weight is 347 g/mol. The van der Waals surface area contributed by atoms with Gasteiger partial charge in [0.1, 0.15) is 0 Å². The second-order valence-corrected chi connectivity index (χ2v) is 6.53. The molecule has 0 saturated heterocycles. The molecule has 0 aliphatic heterocycles. The summed E-state index contributed by atoms with van der Waals surface area (Å²) in [5.41, 5.74) is 1.36. The molecule has 0 aromatic carbocycles. The molecule has 0 aromatic heterocycles. The van der Waals surface area contributed by atoms with Crippen molar-refractivity contribution in [1.82, 2.24) is 0 Å². The lowest BCUT2D eigenvalue weighted by Gasteiger charge is -2.23. The van der Waals surface area contributed by atoms with Gasteiger partial charge in [0.15, 0.2) is 0 Å². The third kappa shape index (κ3) is 20.9. The lowest BCUT2D eigenvalue weighted by molar-refractivity contribution is -0.354. The molecule has 0 fully saturated rings. The van der Waals surface area contributed by atoms with Crippen LogP contribution in [0.1, 0.15) is 92.4 Å². The highest BCUT2D eigenvalue weighted by Crippen LogP contribution is 2.20. The van der Waals surface area contributed by atoms with Gasteiger partial charge in [0.05, 0.1) is 12.2 Å². The Morgan fingerprint density at radius 1 is 1.00 bits per heavy atom. The first-order chi connectivity index (χ1) is 11.3. The van der Waals surface area contributed by atoms with Crippen LogP contribution in [0, 0.1) is 0 Å². The first-order valence-electron chi connectivity index (χ1n) is 9.19. The minimum atomic E-state index is -1.83.